The van der Waals surface area contributed by atoms with Crippen LogP contribution in [0.3, 0.4) is 0 Å². The smallest absolute Gasteiger partial charge is 0.505 e. The summed E-state index contributed by atoms with van der Waals surface area (Å²) in [5.41, 5.74) is 0.599. The number of cyclic esters (lactones) is 1. The van der Waals surface area contributed by atoms with Crippen molar-refractivity contribution in [1.82, 2.24) is 0 Å². The van der Waals surface area contributed by atoms with Gasteiger partial charge in [-0.05, 0) is 122 Å². The summed E-state index contributed by atoms with van der Waals surface area (Å²) >= 11 is 0. The summed E-state index contributed by atoms with van der Waals surface area (Å²) in [4.78, 5) is 22.7. The van der Waals surface area contributed by atoms with Crippen molar-refractivity contribution >= 4 is 13.8 Å². The van der Waals surface area contributed by atoms with Gasteiger partial charge in [0, 0.05) is 0 Å². The third-order valence-electron chi connectivity index (χ3n) is 13.8. The molecule has 1 heterocycles. The van der Waals surface area contributed by atoms with Crippen molar-refractivity contribution < 1.29 is 43.4 Å². The standard InChI is InChI=1S/C35H59O9P/c1-7-22(20(2)3)9-8-21(4)26-12-13-27-25-11-10-23-18-24(14-16-34(23,5)28(25)15-17-35(26,27)6)43-45(40,41)44-32-30(38)31(29(37)19-36)42-33(32)39/h20-29,31,36-38H,7-19H2,1-6H3,(H,40,41)/t21-,22-,23+,24+,25+,26-,27+,28+,29+,31-,34+,35-/m1/s1. The highest BCUT2D eigenvalue weighted by Crippen LogP contribution is 2.69. The van der Waals surface area contributed by atoms with Crippen LogP contribution in [0.2, 0.25) is 0 Å². The fourth-order valence-corrected chi connectivity index (χ4v) is 12.2. The Morgan fingerprint density at radius 2 is 1.69 bits per heavy atom. The lowest BCUT2D eigenvalue weighted by Gasteiger charge is -2.61. The summed E-state index contributed by atoms with van der Waals surface area (Å²) in [5.74, 6) is 2.87. The van der Waals surface area contributed by atoms with Crippen molar-refractivity contribution in [2.24, 2.45) is 58.2 Å². The van der Waals surface area contributed by atoms with E-state index in [0.717, 1.165) is 48.3 Å². The largest absolute Gasteiger partial charge is 0.528 e. The molecule has 13 atom stereocenters. The molecule has 5 aliphatic rings. The van der Waals surface area contributed by atoms with Crippen LogP contribution >= 0.6 is 7.82 Å². The number of phosphoric ester groups is 1. The van der Waals surface area contributed by atoms with Gasteiger partial charge in [0.1, 0.15) is 6.10 Å². The van der Waals surface area contributed by atoms with Gasteiger partial charge in [-0.3, -0.25) is 9.42 Å². The third-order valence-corrected chi connectivity index (χ3v) is 14.8. The van der Waals surface area contributed by atoms with E-state index >= 15 is 0 Å². The van der Waals surface area contributed by atoms with Crippen LogP contribution in [0.1, 0.15) is 119 Å². The second-order valence-electron chi connectivity index (χ2n) is 16.2. The fourth-order valence-electron chi connectivity index (χ4n) is 11.2. The Hall–Kier alpha value is -1.12. The number of ether oxygens (including phenoxy) is 1. The van der Waals surface area contributed by atoms with Crippen molar-refractivity contribution in [1.29, 1.82) is 0 Å². The van der Waals surface area contributed by atoms with Gasteiger partial charge in [-0.25, -0.2) is 9.36 Å². The molecule has 0 amide bonds. The lowest BCUT2D eigenvalue weighted by Crippen LogP contribution is -2.54. The Balaban J connectivity index is 1.20. The molecular formula is C35H59O9P. The predicted octanol–water partition coefficient (Wildman–Crippen LogP) is 7.29. The first-order valence-corrected chi connectivity index (χ1v) is 19.3. The van der Waals surface area contributed by atoms with Gasteiger partial charge < -0.3 is 24.6 Å². The maximum absolute atomic E-state index is 13.0. The molecule has 1 aliphatic heterocycles. The highest BCUT2D eigenvalue weighted by Gasteiger charge is 2.61. The predicted molar refractivity (Wildman–Crippen MR) is 171 cm³/mol. The lowest BCUT2D eigenvalue weighted by molar-refractivity contribution is -0.147. The van der Waals surface area contributed by atoms with Gasteiger partial charge in [0.15, 0.2) is 11.9 Å². The third kappa shape index (κ3) is 6.64. The maximum atomic E-state index is 13.0. The van der Waals surface area contributed by atoms with Gasteiger partial charge in [-0.1, -0.05) is 54.4 Å². The number of aliphatic hydroxyl groups is 3. The summed E-state index contributed by atoms with van der Waals surface area (Å²) < 4.78 is 28.4. The van der Waals surface area contributed by atoms with E-state index < -0.39 is 50.2 Å². The summed E-state index contributed by atoms with van der Waals surface area (Å²) in [6, 6.07) is 0. The van der Waals surface area contributed by atoms with Crippen molar-refractivity contribution in [3.8, 4) is 0 Å². The van der Waals surface area contributed by atoms with E-state index in [1.165, 1.54) is 51.4 Å². The molecule has 0 aromatic carbocycles. The number of carbonyl (C=O) groups is 1. The molecule has 4 aliphatic carbocycles. The zero-order chi connectivity index (χ0) is 32.9. The van der Waals surface area contributed by atoms with Crippen LogP contribution in [0, 0.1) is 58.2 Å². The van der Waals surface area contributed by atoms with Crippen LogP contribution in [0.5, 0.6) is 0 Å². The monoisotopic (exact) mass is 654 g/mol. The molecule has 258 valence electrons. The molecule has 9 nitrogen and oxygen atoms in total. The second-order valence-corrected chi connectivity index (χ2v) is 17.5. The van der Waals surface area contributed by atoms with Crippen molar-refractivity contribution in [2.75, 3.05) is 6.61 Å². The zero-order valence-corrected chi connectivity index (χ0v) is 29.2. The molecule has 0 aromatic heterocycles. The van der Waals surface area contributed by atoms with E-state index in [9.17, 15) is 24.5 Å². The van der Waals surface area contributed by atoms with E-state index in [1.54, 1.807) is 0 Å². The molecule has 0 spiro atoms. The zero-order valence-electron chi connectivity index (χ0n) is 28.3. The van der Waals surface area contributed by atoms with Crippen LogP contribution in [0.15, 0.2) is 11.5 Å². The Morgan fingerprint density at radius 3 is 2.36 bits per heavy atom. The van der Waals surface area contributed by atoms with Crippen molar-refractivity contribution in [2.45, 2.75) is 137 Å². The van der Waals surface area contributed by atoms with Crippen LogP contribution in [-0.4, -0.2) is 51.1 Å². The maximum Gasteiger partial charge on any atom is 0.528 e. The molecular weight excluding hydrogens is 595 g/mol. The number of fused-ring (bicyclic) bond motifs is 5. The molecule has 0 bridgehead atoms. The average Bonchev–Trinajstić information content (AvgIpc) is 3.48. The summed E-state index contributed by atoms with van der Waals surface area (Å²) in [5, 5.41) is 29.1. The molecule has 0 saturated heterocycles. The van der Waals surface area contributed by atoms with Crippen molar-refractivity contribution in [3.05, 3.63) is 11.5 Å². The highest BCUT2D eigenvalue weighted by atomic mass is 31.2. The van der Waals surface area contributed by atoms with E-state index in [2.05, 4.69) is 41.5 Å². The molecule has 4 N–H and O–H groups in total. The number of hydrogen-bond acceptors (Lipinski definition) is 8. The van der Waals surface area contributed by atoms with Gasteiger partial charge in [-0.2, -0.15) is 0 Å². The van der Waals surface area contributed by atoms with Gasteiger partial charge in [0.05, 0.1) is 12.7 Å². The summed E-state index contributed by atoms with van der Waals surface area (Å²) in [7, 11) is -4.77. The van der Waals surface area contributed by atoms with E-state index in [0.29, 0.717) is 30.1 Å². The minimum Gasteiger partial charge on any atom is -0.505 e. The second kappa shape index (κ2) is 13.4. The first-order valence-electron chi connectivity index (χ1n) is 17.8. The normalized spacial score (nSPS) is 41.5. The molecule has 0 radical (unpaired) electrons. The van der Waals surface area contributed by atoms with Gasteiger partial charge in [-0.15, -0.1) is 0 Å². The molecule has 45 heavy (non-hydrogen) atoms. The number of phosphoric acid groups is 1. The number of hydrogen-bond donors (Lipinski definition) is 4. The van der Waals surface area contributed by atoms with E-state index in [4.69, 9.17) is 18.9 Å². The Kier molecular flexibility index (Phi) is 10.5. The van der Waals surface area contributed by atoms with Crippen molar-refractivity contribution in [3.63, 3.8) is 0 Å². The lowest BCUT2D eigenvalue weighted by atomic mass is 9.44. The minimum absolute atomic E-state index is 0.170. The number of esters is 1. The van der Waals surface area contributed by atoms with Crippen LogP contribution < -0.4 is 0 Å². The fraction of sp³-hybridized carbons (Fsp3) is 0.914. The van der Waals surface area contributed by atoms with E-state index in [1.807, 2.05) is 0 Å². The molecule has 0 aromatic rings. The first kappa shape index (κ1) is 35.2. The summed E-state index contributed by atoms with van der Waals surface area (Å²) in [6.45, 7) is 13.9. The Morgan fingerprint density at radius 1 is 1.00 bits per heavy atom. The molecule has 4 fully saturated rings. The van der Waals surface area contributed by atoms with E-state index in [-0.39, 0.29) is 5.41 Å². The SMILES string of the molecule is CC[C@H](CC[C@@H](C)[C@H]1CC[C@H]2[C@@H]3CC[C@H]4C[C@@H](OP(=O)(O)OC5=C(O)[C@@H]([C@@H](O)CO)OC5=O)CC[C@]4(C)[C@H]3CC[C@]12C)C(C)C. The molecule has 10 heteroatoms. The minimum atomic E-state index is -4.77. The summed E-state index contributed by atoms with van der Waals surface area (Å²) in [6.07, 6.45) is 10.1. The van der Waals surface area contributed by atoms with Gasteiger partial charge >= 0.3 is 13.8 Å². The average molecular weight is 655 g/mol. The number of carbonyl (C=O) groups excluding carboxylic acids is 1. The number of aliphatic hydroxyl groups excluding tert-OH is 3. The number of rotatable bonds is 12. The first-order chi connectivity index (χ1) is 21.1. The van der Waals surface area contributed by atoms with Crippen LogP contribution in [-0.2, 0) is 23.1 Å². The van der Waals surface area contributed by atoms with Gasteiger partial charge in [0.25, 0.3) is 5.76 Å². The van der Waals surface area contributed by atoms with Gasteiger partial charge in [0.2, 0.25) is 0 Å². The molecule has 4 saturated carbocycles. The molecule has 1 unspecified atom stereocenters. The quantitative estimate of drug-likeness (QED) is 0.126. The highest BCUT2D eigenvalue weighted by molar-refractivity contribution is 7.47. The van der Waals surface area contributed by atoms with Crippen LogP contribution in [0.4, 0.5) is 0 Å². The Bertz CT molecular complexity index is 1160. The molecule has 5 rings (SSSR count). The Labute approximate surface area is 270 Å². The van der Waals surface area contributed by atoms with Crippen LogP contribution in [0.25, 0.3) is 0 Å². The topological polar surface area (TPSA) is 143 Å².